The van der Waals surface area contributed by atoms with Crippen LogP contribution in [0.5, 0.6) is 0 Å². The fraction of sp³-hybridized carbons (Fsp3) is 0.312. The number of ether oxygens (including phenoxy) is 1. The van der Waals surface area contributed by atoms with E-state index in [0.717, 1.165) is 0 Å². The topological polar surface area (TPSA) is 81.3 Å². The first-order valence-electron chi connectivity index (χ1n) is 7.34. The number of halogens is 1. The van der Waals surface area contributed by atoms with Crippen LogP contribution in [0.4, 0.5) is 10.2 Å². The summed E-state index contributed by atoms with van der Waals surface area (Å²) in [6.07, 6.45) is 2.65. The van der Waals surface area contributed by atoms with E-state index in [0.29, 0.717) is 36.8 Å². The van der Waals surface area contributed by atoms with Crippen LogP contribution in [-0.4, -0.2) is 40.5 Å². The Morgan fingerprint density at radius 2 is 2.13 bits per heavy atom. The number of carbonyl (C=O) groups is 1. The summed E-state index contributed by atoms with van der Waals surface area (Å²) in [5.74, 6) is -0.226. The number of amides is 1. The fourth-order valence-corrected chi connectivity index (χ4v) is 2.57. The molecule has 7 heteroatoms. The highest BCUT2D eigenvalue weighted by atomic mass is 19.1. The van der Waals surface area contributed by atoms with Crippen molar-refractivity contribution in [3.63, 3.8) is 0 Å². The standard InChI is InChI=1S/C16H17FN4O2/c17-12-4-2-1-3-11(12)9-14(22)21-7-8-23-13(10-21)15-16(18)20-6-5-19-15/h1-6,13H,7-10H2,(H2,18,20). The molecule has 6 nitrogen and oxygen atoms in total. The zero-order chi connectivity index (χ0) is 16.2. The molecule has 1 fully saturated rings. The number of aromatic nitrogens is 2. The molecule has 120 valence electrons. The first kappa shape index (κ1) is 15.4. The molecule has 0 radical (unpaired) electrons. The second-order valence-electron chi connectivity index (χ2n) is 5.29. The van der Waals surface area contributed by atoms with E-state index in [1.165, 1.54) is 18.5 Å². The summed E-state index contributed by atoms with van der Waals surface area (Å²) in [5.41, 5.74) is 6.72. The zero-order valence-electron chi connectivity index (χ0n) is 12.5. The largest absolute Gasteiger partial charge is 0.382 e. The van der Waals surface area contributed by atoms with E-state index in [4.69, 9.17) is 10.5 Å². The van der Waals surface area contributed by atoms with Gasteiger partial charge in [-0.3, -0.25) is 9.78 Å². The molecule has 23 heavy (non-hydrogen) atoms. The summed E-state index contributed by atoms with van der Waals surface area (Å²) in [7, 11) is 0. The van der Waals surface area contributed by atoms with E-state index in [1.54, 1.807) is 23.1 Å². The van der Waals surface area contributed by atoms with Gasteiger partial charge in [0.2, 0.25) is 5.91 Å². The number of benzene rings is 1. The maximum absolute atomic E-state index is 13.7. The van der Waals surface area contributed by atoms with Gasteiger partial charge in [0.15, 0.2) is 0 Å². The van der Waals surface area contributed by atoms with Crippen LogP contribution >= 0.6 is 0 Å². The lowest BCUT2D eigenvalue weighted by Gasteiger charge is -2.33. The van der Waals surface area contributed by atoms with Gasteiger partial charge in [0.05, 0.1) is 19.6 Å². The number of morpholine rings is 1. The molecule has 1 unspecified atom stereocenters. The molecule has 1 amide bonds. The third-order valence-electron chi connectivity index (χ3n) is 3.78. The summed E-state index contributed by atoms with van der Waals surface area (Å²) < 4.78 is 19.3. The molecular formula is C16H17FN4O2. The van der Waals surface area contributed by atoms with E-state index in [9.17, 15) is 9.18 Å². The molecule has 1 atom stereocenters. The van der Waals surface area contributed by atoms with Gasteiger partial charge in [-0.15, -0.1) is 0 Å². The van der Waals surface area contributed by atoms with Gasteiger partial charge >= 0.3 is 0 Å². The average Bonchev–Trinajstić information content (AvgIpc) is 2.57. The van der Waals surface area contributed by atoms with E-state index in [-0.39, 0.29) is 18.1 Å². The van der Waals surface area contributed by atoms with Crippen molar-refractivity contribution in [2.45, 2.75) is 12.5 Å². The Bertz CT molecular complexity index is 710. The molecule has 3 rings (SSSR count). The summed E-state index contributed by atoms with van der Waals surface area (Å²) in [6, 6.07) is 6.29. The van der Waals surface area contributed by atoms with Crippen LogP contribution < -0.4 is 5.73 Å². The Hall–Kier alpha value is -2.54. The second-order valence-corrected chi connectivity index (χ2v) is 5.29. The Morgan fingerprint density at radius 3 is 2.91 bits per heavy atom. The Kier molecular flexibility index (Phi) is 4.47. The van der Waals surface area contributed by atoms with Crippen LogP contribution in [0.1, 0.15) is 17.4 Å². The summed E-state index contributed by atoms with van der Waals surface area (Å²) in [5, 5.41) is 0. The van der Waals surface area contributed by atoms with Crippen LogP contribution in [-0.2, 0) is 16.0 Å². The molecule has 2 N–H and O–H groups in total. The highest BCUT2D eigenvalue weighted by Gasteiger charge is 2.28. The molecule has 1 aliphatic rings. The number of hydrogen-bond acceptors (Lipinski definition) is 5. The van der Waals surface area contributed by atoms with Gasteiger partial charge in [-0.25, -0.2) is 9.37 Å². The molecule has 0 bridgehead atoms. The molecule has 1 saturated heterocycles. The van der Waals surface area contributed by atoms with Crippen LogP contribution in [0, 0.1) is 5.82 Å². The molecule has 1 aromatic heterocycles. The van der Waals surface area contributed by atoms with Crippen molar-refractivity contribution >= 4 is 11.7 Å². The summed E-state index contributed by atoms with van der Waals surface area (Å²) in [6.45, 7) is 1.17. The predicted molar refractivity (Wildman–Crippen MR) is 81.8 cm³/mol. The van der Waals surface area contributed by atoms with Gasteiger partial charge in [-0.2, -0.15) is 0 Å². The Labute approximate surface area is 133 Å². The highest BCUT2D eigenvalue weighted by Crippen LogP contribution is 2.24. The molecule has 2 aromatic rings. The van der Waals surface area contributed by atoms with E-state index < -0.39 is 6.10 Å². The van der Waals surface area contributed by atoms with Gasteiger partial charge in [0, 0.05) is 18.9 Å². The summed E-state index contributed by atoms with van der Waals surface area (Å²) >= 11 is 0. The van der Waals surface area contributed by atoms with Gasteiger partial charge in [0.25, 0.3) is 0 Å². The maximum Gasteiger partial charge on any atom is 0.227 e. The van der Waals surface area contributed by atoms with Gasteiger partial charge < -0.3 is 15.4 Å². The third-order valence-corrected chi connectivity index (χ3v) is 3.78. The highest BCUT2D eigenvalue weighted by molar-refractivity contribution is 5.79. The van der Waals surface area contributed by atoms with Crippen LogP contribution in [0.2, 0.25) is 0 Å². The lowest BCUT2D eigenvalue weighted by Crippen LogP contribution is -2.43. The van der Waals surface area contributed by atoms with Gasteiger partial charge in [-0.05, 0) is 11.6 Å². The minimum Gasteiger partial charge on any atom is -0.382 e. The lowest BCUT2D eigenvalue weighted by molar-refractivity contribution is -0.138. The summed E-state index contributed by atoms with van der Waals surface area (Å²) in [4.78, 5) is 22.2. The zero-order valence-corrected chi connectivity index (χ0v) is 12.5. The normalized spacial score (nSPS) is 18.0. The number of nitrogens with two attached hydrogens (primary N) is 1. The number of anilines is 1. The van der Waals surface area contributed by atoms with Gasteiger partial charge in [0.1, 0.15) is 23.4 Å². The van der Waals surface area contributed by atoms with Crippen molar-refractivity contribution in [2.75, 3.05) is 25.4 Å². The van der Waals surface area contributed by atoms with Crippen LogP contribution in [0.25, 0.3) is 0 Å². The number of nitrogen functional groups attached to an aromatic ring is 1. The molecular weight excluding hydrogens is 299 g/mol. The predicted octanol–water partition coefficient (Wildman–Crippen LogP) is 1.34. The lowest BCUT2D eigenvalue weighted by atomic mass is 10.1. The second kappa shape index (κ2) is 6.70. The third kappa shape index (κ3) is 3.45. The molecule has 0 saturated carbocycles. The molecule has 0 aliphatic carbocycles. The first-order valence-corrected chi connectivity index (χ1v) is 7.34. The monoisotopic (exact) mass is 316 g/mol. The Morgan fingerprint density at radius 1 is 1.35 bits per heavy atom. The number of rotatable bonds is 3. The smallest absolute Gasteiger partial charge is 0.227 e. The van der Waals surface area contributed by atoms with Crippen molar-refractivity contribution in [2.24, 2.45) is 0 Å². The van der Waals surface area contributed by atoms with Crippen LogP contribution in [0.3, 0.4) is 0 Å². The van der Waals surface area contributed by atoms with Crippen molar-refractivity contribution in [1.82, 2.24) is 14.9 Å². The van der Waals surface area contributed by atoms with Gasteiger partial charge in [-0.1, -0.05) is 18.2 Å². The average molecular weight is 316 g/mol. The van der Waals surface area contributed by atoms with E-state index in [1.807, 2.05) is 0 Å². The molecule has 0 spiro atoms. The fourth-order valence-electron chi connectivity index (χ4n) is 2.57. The molecule has 1 aliphatic heterocycles. The first-order chi connectivity index (χ1) is 11.1. The minimum atomic E-state index is -0.415. The number of carbonyl (C=O) groups excluding carboxylic acids is 1. The number of nitrogens with zero attached hydrogens (tertiary/aromatic N) is 3. The van der Waals surface area contributed by atoms with Crippen LogP contribution in [0.15, 0.2) is 36.7 Å². The van der Waals surface area contributed by atoms with Crippen molar-refractivity contribution < 1.29 is 13.9 Å². The van der Waals surface area contributed by atoms with Crippen molar-refractivity contribution in [3.8, 4) is 0 Å². The quantitative estimate of drug-likeness (QED) is 0.924. The minimum absolute atomic E-state index is 0.0232. The SMILES string of the molecule is Nc1nccnc1C1CN(C(=O)Cc2ccccc2F)CCO1. The maximum atomic E-state index is 13.7. The molecule has 2 heterocycles. The Balaban J connectivity index is 1.70. The molecule has 1 aromatic carbocycles. The number of hydrogen-bond donors (Lipinski definition) is 1. The van der Waals surface area contributed by atoms with E-state index in [2.05, 4.69) is 9.97 Å². The van der Waals surface area contributed by atoms with E-state index >= 15 is 0 Å². The van der Waals surface area contributed by atoms with Crippen molar-refractivity contribution in [3.05, 3.63) is 53.7 Å². The van der Waals surface area contributed by atoms with Crippen molar-refractivity contribution in [1.29, 1.82) is 0 Å².